The minimum Gasteiger partial charge on any atom is -0.357 e. The maximum absolute atomic E-state index is 12.5. The number of nitrogens with zero attached hydrogens (tertiary/aromatic N) is 4. The fourth-order valence-electron chi connectivity index (χ4n) is 2.65. The van der Waals surface area contributed by atoms with Gasteiger partial charge in [0, 0.05) is 37.7 Å². The molecule has 3 heterocycles. The lowest BCUT2D eigenvalue weighted by atomic mass is 10.2. The Hall–Kier alpha value is -2.31. The standard InChI is InChI=1S/C16H19F2N5/c1-11-6-12(7-14(22-11)23-4-2-3-5-23)8-19-16-20-9-13(10-21-16)15(17)18/h6-7,9-10,15H,2-5,8H2,1H3,(H,19,20,21). The molecule has 1 fully saturated rings. The molecule has 0 aliphatic carbocycles. The first-order valence-electron chi connectivity index (χ1n) is 7.68. The van der Waals surface area contributed by atoms with Crippen LogP contribution in [0.4, 0.5) is 20.5 Å². The largest absolute Gasteiger partial charge is 0.357 e. The summed E-state index contributed by atoms with van der Waals surface area (Å²) >= 11 is 0. The molecule has 0 spiro atoms. The molecule has 0 bridgehead atoms. The van der Waals surface area contributed by atoms with Crippen molar-refractivity contribution in [2.24, 2.45) is 0 Å². The summed E-state index contributed by atoms with van der Waals surface area (Å²) in [5.41, 5.74) is 1.85. The van der Waals surface area contributed by atoms with Crippen molar-refractivity contribution in [1.29, 1.82) is 0 Å². The Labute approximate surface area is 133 Å². The summed E-state index contributed by atoms with van der Waals surface area (Å²) in [7, 11) is 0. The van der Waals surface area contributed by atoms with Crippen molar-refractivity contribution in [3.63, 3.8) is 0 Å². The van der Waals surface area contributed by atoms with Crippen LogP contribution in [0.15, 0.2) is 24.5 Å². The molecule has 0 atom stereocenters. The van der Waals surface area contributed by atoms with Gasteiger partial charge in [-0.15, -0.1) is 0 Å². The lowest BCUT2D eigenvalue weighted by Crippen LogP contribution is -2.19. The van der Waals surface area contributed by atoms with Crippen LogP contribution in [0.1, 0.15) is 36.1 Å². The topological polar surface area (TPSA) is 53.9 Å². The molecule has 0 aromatic carbocycles. The second kappa shape index (κ2) is 6.85. The third-order valence-electron chi connectivity index (χ3n) is 3.80. The summed E-state index contributed by atoms with van der Waals surface area (Å²) in [6.07, 6.45) is 2.15. The number of rotatable bonds is 5. The molecule has 2 aromatic rings. The van der Waals surface area contributed by atoms with Crippen LogP contribution >= 0.6 is 0 Å². The van der Waals surface area contributed by atoms with Crippen molar-refractivity contribution in [1.82, 2.24) is 15.0 Å². The van der Waals surface area contributed by atoms with Crippen molar-refractivity contribution in [2.75, 3.05) is 23.3 Å². The molecule has 5 nitrogen and oxygen atoms in total. The third kappa shape index (κ3) is 3.91. The molecular formula is C16H19F2N5. The predicted octanol–water partition coefficient (Wildman–Crippen LogP) is 3.33. The third-order valence-corrected chi connectivity index (χ3v) is 3.80. The Morgan fingerprint density at radius 3 is 2.52 bits per heavy atom. The van der Waals surface area contributed by atoms with Crippen LogP contribution in [0.3, 0.4) is 0 Å². The molecule has 0 saturated carbocycles. The molecule has 0 amide bonds. The normalized spacial score (nSPS) is 14.5. The molecule has 1 aliphatic heterocycles. The maximum atomic E-state index is 12.5. The molecule has 1 saturated heterocycles. The van der Waals surface area contributed by atoms with Gasteiger partial charge in [-0.1, -0.05) is 0 Å². The van der Waals surface area contributed by atoms with Crippen LogP contribution in [0, 0.1) is 6.92 Å². The molecule has 3 rings (SSSR count). The van der Waals surface area contributed by atoms with Crippen LogP contribution in [-0.4, -0.2) is 28.0 Å². The van der Waals surface area contributed by atoms with Gasteiger partial charge in [-0.25, -0.2) is 23.7 Å². The highest BCUT2D eigenvalue weighted by molar-refractivity contribution is 5.44. The van der Waals surface area contributed by atoms with E-state index in [4.69, 9.17) is 0 Å². The van der Waals surface area contributed by atoms with Crippen molar-refractivity contribution in [2.45, 2.75) is 32.7 Å². The van der Waals surface area contributed by atoms with E-state index >= 15 is 0 Å². The fraction of sp³-hybridized carbons (Fsp3) is 0.438. The highest BCUT2D eigenvalue weighted by Crippen LogP contribution is 2.21. The van der Waals surface area contributed by atoms with Crippen LogP contribution in [0.5, 0.6) is 0 Å². The predicted molar refractivity (Wildman–Crippen MR) is 84.7 cm³/mol. The number of aromatic nitrogens is 3. The number of pyridine rings is 1. The van der Waals surface area contributed by atoms with Crippen LogP contribution in [0.2, 0.25) is 0 Å². The summed E-state index contributed by atoms with van der Waals surface area (Å²) in [4.78, 5) is 14.7. The zero-order valence-electron chi connectivity index (χ0n) is 13.0. The van der Waals surface area contributed by atoms with Gasteiger partial charge in [0.2, 0.25) is 5.95 Å². The number of halogens is 2. The average Bonchev–Trinajstić information content (AvgIpc) is 3.07. The Morgan fingerprint density at radius 2 is 1.87 bits per heavy atom. The zero-order chi connectivity index (χ0) is 16.2. The number of hydrogen-bond acceptors (Lipinski definition) is 5. The number of alkyl halides is 2. The highest BCUT2D eigenvalue weighted by atomic mass is 19.3. The fourth-order valence-corrected chi connectivity index (χ4v) is 2.65. The lowest BCUT2D eigenvalue weighted by Gasteiger charge is -2.18. The Kier molecular flexibility index (Phi) is 4.64. The number of hydrogen-bond donors (Lipinski definition) is 1. The molecule has 1 N–H and O–H groups in total. The Morgan fingerprint density at radius 1 is 1.17 bits per heavy atom. The van der Waals surface area contributed by atoms with Crippen LogP contribution < -0.4 is 10.2 Å². The van der Waals surface area contributed by atoms with Gasteiger partial charge in [0.1, 0.15) is 5.82 Å². The van der Waals surface area contributed by atoms with Crippen molar-refractivity contribution < 1.29 is 8.78 Å². The van der Waals surface area contributed by atoms with Crippen molar-refractivity contribution >= 4 is 11.8 Å². The monoisotopic (exact) mass is 319 g/mol. The molecule has 7 heteroatoms. The van der Waals surface area contributed by atoms with Gasteiger partial charge in [0.25, 0.3) is 6.43 Å². The Balaban J connectivity index is 1.67. The summed E-state index contributed by atoms with van der Waals surface area (Å²) in [5, 5.41) is 3.06. The van der Waals surface area contributed by atoms with Gasteiger partial charge in [0.15, 0.2) is 0 Å². The summed E-state index contributed by atoms with van der Waals surface area (Å²) in [6, 6.07) is 4.05. The molecular weight excluding hydrogens is 300 g/mol. The first-order valence-corrected chi connectivity index (χ1v) is 7.68. The quantitative estimate of drug-likeness (QED) is 0.916. The van der Waals surface area contributed by atoms with Crippen LogP contribution in [0.25, 0.3) is 0 Å². The molecule has 0 radical (unpaired) electrons. The minimum absolute atomic E-state index is 0.174. The zero-order valence-corrected chi connectivity index (χ0v) is 13.0. The summed E-state index contributed by atoms with van der Waals surface area (Å²) in [6.45, 7) is 4.58. The molecule has 23 heavy (non-hydrogen) atoms. The first kappa shape index (κ1) is 15.6. The van der Waals surface area contributed by atoms with E-state index in [1.165, 1.54) is 12.8 Å². The molecule has 2 aromatic heterocycles. The van der Waals surface area contributed by atoms with E-state index in [1.54, 1.807) is 0 Å². The number of nitrogens with one attached hydrogen (secondary N) is 1. The van der Waals surface area contributed by atoms with E-state index in [0.29, 0.717) is 12.5 Å². The summed E-state index contributed by atoms with van der Waals surface area (Å²) < 4.78 is 24.9. The van der Waals surface area contributed by atoms with E-state index in [2.05, 4.69) is 31.2 Å². The van der Waals surface area contributed by atoms with Crippen molar-refractivity contribution in [3.05, 3.63) is 41.3 Å². The van der Waals surface area contributed by atoms with Gasteiger partial charge < -0.3 is 10.2 Å². The second-order valence-corrected chi connectivity index (χ2v) is 5.66. The molecule has 1 aliphatic rings. The minimum atomic E-state index is -2.55. The molecule has 0 unspecified atom stereocenters. The SMILES string of the molecule is Cc1cc(CNc2ncc(C(F)F)cn2)cc(N2CCCC2)n1. The van der Waals surface area contributed by atoms with Crippen LogP contribution in [-0.2, 0) is 6.54 Å². The smallest absolute Gasteiger partial charge is 0.266 e. The average molecular weight is 319 g/mol. The van der Waals surface area contributed by atoms with Crippen molar-refractivity contribution in [3.8, 4) is 0 Å². The van der Waals surface area contributed by atoms with E-state index in [9.17, 15) is 8.78 Å². The van der Waals surface area contributed by atoms with E-state index in [-0.39, 0.29) is 5.56 Å². The summed E-state index contributed by atoms with van der Waals surface area (Å²) in [5.74, 6) is 1.33. The lowest BCUT2D eigenvalue weighted by molar-refractivity contribution is 0.150. The number of aryl methyl sites for hydroxylation is 1. The van der Waals surface area contributed by atoms with Gasteiger partial charge in [-0.2, -0.15) is 0 Å². The highest BCUT2D eigenvalue weighted by Gasteiger charge is 2.14. The van der Waals surface area contributed by atoms with Gasteiger partial charge >= 0.3 is 0 Å². The molecule has 122 valence electrons. The van der Waals surface area contributed by atoms with E-state index < -0.39 is 6.43 Å². The van der Waals surface area contributed by atoms with Gasteiger partial charge in [-0.05, 0) is 37.5 Å². The van der Waals surface area contributed by atoms with Gasteiger partial charge in [0.05, 0.1) is 5.56 Å². The number of anilines is 2. The Bertz CT molecular complexity index is 654. The van der Waals surface area contributed by atoms with E-state index in [1.807, 2.05) is 13.0 Å². The maximum Gasteiger partial charge on any atom is 0.266 e. The first-order chi connectivity index (χ1) is 11.1. The second-order valence-electron chi connectivity index (χ2n) is 5.66. The van der Waals surface area contributed by atoms with E-state index in [0.717, 1.165) is 42.6 Å². The van der Waals surface area contributed by atoms with Gasteiger partial charge in [-0.3, -0.25) is 0 Å².